The van der Waals surface area contributed by atoms with E-state index in [-0.39, 0.29) is 11.8 Å². The maximum Gasteiger partial charge on any atom is 0.293 e. The summed E-state index contributed by atoms with van der Waals surface area (Å²) in [6.07, 6.45) is 0. The third kappa shape index (κ3) is 4.71. The van der Waals surface area contributed by atoms with Crippen LogP contribution in [0.2, 0.25) is 0 Å². The van der Waals surface area contributed by atoms with Crippen LogP contribution >= 0.6 is 0 Å². The fourth-order valence-electron chi connectivity index (χ4n) is 0.711. The van der Waals surface area contributed by atoms with Crippen LogP contribution < -0.4 is 0 Å². The molecule has 4 heteroatoms. The second kappa shape index (κ2) is 6.64. The summed E-state index contributed by atoms with van der Waals surface area (Å²) in [5, 5.41) is 0. The molecule has 0 amide bonds. The van der Waals surface area contributed by atoms with Gasteiger partial charge in [0.25, 0.3) is 12.9 Å². The van der Waals surface area contributed by atoms with Crippen molar-refractivity contribution in [1.29, 1.82) is 0 Å². The third-order valence-corrected chi connectivity index (χ3v) is 1.83. The van der Waals surface area contributed by atoms with Crippen LogP contribution in [0.15, 0.2) is 0 Å². The van der Waals surface area contributed by atoms with E-state index in [4.69, 9.17) is 0 Å². The first-order valence-electron chi connectivity index (χ1n) is 3.82. The van der Waals surface area contributed by atoms with Gasteiger partial charge in [0.1, 0.15) is 0 Å². The van der Waals surface area contributed by atoms with Gasteiger partial charge in [0.05, 0.1) is 13.2 Å². The topological polar surface area (TPSA) is 52.6 Å². The zero-order chi connectivity index (χ0) is 9.40. The Bertz CT molecular complexity index is 119. The maximum absolute atomic E-state index is 9.84. The molecule has 2 atom stereocenters. The summed E-state index contributed by atoms with van der Waals surface area (Å²) in [4.78, 5) is 19.7. The lowest BCUT2D eigenvalue weighted by molar-refractivity contribution is -0.133. The van der Waals surface area contributed by atoms with E-state index in [0.29, 0.717) is 26.2 Å². The van der Waals surface area contributed by atoms with Gasteiger partial charge in [0.15, 0.2) is 0 Å². The standard InChI is InChI=1S/C8H14O4/c1-7(3-11-5-9)8(2)4-12-6-10/h5-8H,3-4H2,1-2H3. The first-order valence-corrected chi connectivity index (χ1v) is 3.82. The fourth-order valence-corrected chi connectivity index (χ4v) is 0.711. The highest BCUT2D eigenvalue weighted by Gasteiger charge is 2.12. The molecule has 0 rings (SSSR count). The van der Waals surface area contributed by atoms with E-state index in [1.807, 2.05) is 13.8 Å². The second-order valence-corrected chi connectivity index (χ2v) is 2.81. The number of ether oxygens (including phenoxy) is 2. The molecular formula is C8H14O4. The van der Waals surface area contributed by atoms with Crippen LogP contribution in [-0.2, 0) is 19.1 Å². The maximum atomic E-state index is 9.84. The average Bonchev–Trinajstić information content (AvgIpc) is 2.10. The first-order chi connectivity index (χ1) is 5.72. The quantitative estimate of drug-likeness (QED) is 0.530. The molecule has 0 radical (unpaired) electrons. The van der Waals surface area contributed by atoms with Crippen LogP contribution in [-0.4, -0.2) is 26.2 Å². The summed E-state index contributed by atoms with van der Waals surface area (Å²) in [7, 11) is 0. The number of carbonyl (C=O) groups excluding carboxylic acids is 2. The monoisotopic (exact) mass is 174 g/mol. The Hall–Kier alpha value is -1.06. The van der Waals surface area contributed by atoms with Crippen molar-refractivity contribution in [3.8, 4) is 0 Å². The minimum absolute atomic E-state index is 0.204. The van der Waals surface area contributed by atoms with Crippen molar-refractivity contribution in [3.05, 3.63) is 0 Å². The van der Waals surface area contributed by atoms with Crippen molar-refractivity contribution in [2.24, 2.45) is 11.8 Å². The molecule has 0 fully saturated rings. The summed E-state index contributed by atoms with van der Waals surface area (Å²) in [6, 6.07) is 0. The van der Waals surface area contributed by atoms with E-state index in [2.05, 4.69) is 9.47 Å². The molecule has 70 valence electrons. The van der Waals surface area contributed by atoms with Gasteiger partial charge in [-0.25, -0.2) is 0 Å². The summed E-state index contributed by atoms with van der Waals surface area (Å²) in [5.74, 6) is 0.408. The van der Waals surface area contributed by atoms with E-state index in [1.165, 1.54) is 0 Å². The van der Waals surface area contributed by atoms with Gasteiger partial charge >= 0.3 is 0 Å². The molecule has 0 heterocycles. The normalized spacial score (nSPS) is 14.5. The molecule has 0 saturated heterocycles. The zero-order valence-corrected chi connectivity index (χ0v) is 7.36. The van der Waals surface area contributed by atoms with Crippen molar-refractivity contribution in [1.82, 2.24) is 0 Å². The van der Waals surface area contributed by atoms with Crippen LogP contribution in [0, 0.1) is 11.8 Å². The summed E-state index contributed by atoms with van der Waals surface area (Å²) in [5.41, 5.74) is 0. The average molecular weight is 174 g/mol. The van der Waals surface area contributed by atoms with Gasteiger partial charge in [0.2, 0.25) is 0 Å². The van der Waals surface area contributed by atoms with Crippen molar-refractivity contribution in [3.63, 3.8) is 0 Å². The Kier molecular flexibility index (Phi) is 6.05. The molecular weight excluding hydrogens is 160 g/mol. The van der Waals surface area contributed by atoms with Crippen LogP contribution in [0.5, 0.6) is 0 Å². The lowest BCUT2D eigenvalue weighted by Gasteiger charge is -2.16. The van der Waals surface area contributed by atoms with Crippen LogP contribution in [0.4, 0.5) is 0 Å². The Labute approximate surface area is 71.8 Å². The van der Waals surface area contributed by atoms with E-state index in [9.17, 15) is 9.59 Å². The van der Waals surface area contributed by atoms with Gasteiger partial charge in [-0.15, -0.1) is 0 Å². The van der Waals surface area contributed by atoms with Crippen molar-refractivity contribution in [2.75, 3.05) is 13.2 Å². The first kappa shape index (κ1) is 10.9. The molecule has 0 aromatic rings. The zero-order valence-electron chi connectivity index (χ0n) is 7.36. The number of rotatable bonds is 7. The molecule has 0 saturated carbocycles. The van der Waals surface area contributed by atoms with Crippen LogP contribution in [0.25, 0.3) is 0 Å². The molecule has 12 heavy (non-hydrogen) atoms. The molecule has 0 aliphatic heterocycles. The van der Waals surface area contributed by atoms with E-state index >= 15 is 0 Å². The summed E-state index contributed by atoms with van der Waals surface area (Å²) in [6.45, 7) is 5.44. The molecule has 2 unspecified atom stereocenters. The Morgan fingerprint density at radius 2 is 1.33 bits per heavy atom. The predicted octanol–water partition coefficient (Wildman–Crippen LogP) is 0.605. The van der Waals surface area contributed by atoms with Gasteiger partial charge in [-0.2, -0.15) is 0 Å². The van der Waals surface area contributed by atoms with Gasteiger partial charge in [-0.3, -0.25) is 9.59 Å². The smallest absolute Gasteiger partial charge is 0.293 e. The number of hydrogen-bond donors (Lipinski definition) is 0. The van der Waals surface area contributed by atoms with Crippen molar-refractivity contribution in [2.45, 2.75) is 13.8 Å². The number of carbonyl (C=O) groups is 2. The minimum atomic E-state index is 0.204. The SMILES string of the molecule is CC(COC=O)C(C)COC=O. The van der Waals surface area contributed by atoms with Crippen LogP contribution in [0.1, 0.15) is 13.8 Å². The molecule has 4 nitrogen and oxygen atoms in total. The molecule has 0 bridgehead atoms. The molecule has 0 aliphatic rings. The number of hydrogen-bond acceptors (Lipinski definition) is 4. The van der Waals surface area contributed by atoms with Gasteiger partial charge in [0, 0.05) is 0 Å². The fraction of sp³-hybridized carbons (Fsp3) is 0.750. The molecule has 0 spiro atoms. The predicted molar refractivity (Wildman–Crippen MR) is 42.4 cm³/mol. The van der Waals surface area contributed by atoms with Gasteiger partial charge in [-0.1, -0.05) is 13.8 Å². The Morgan fingerprint density at radius 1 is 1.00 bits per heavy atom. The van der Waals surface area contributed by atoms with Crippen LogP contribution in [0.3, 0.4) is 0 Å². The van der Waals surface area contributed by atoms with E-state index in [1.54, 1.807) is 0 Å². The minimum Gasteiger partial charge on any atom is -0.468 e. The summed E-state index contributed by atoms with van der Waals surface area (Å²) >= 11 is 0. The van der Waals surface area contributed by atoms with Crippen molar-refractivity contribution < 1.29 is 19.1 Å². The Morgan fingerprint density at radius 3 is 1.58 bits per heavy atom. The Balaban J connectivity index is 3.52. The lowest BCUT2D eigenvalue weighted by Crippen LogP contribution is -2.18. The van der Waals surface area contributed by atoms with Gasteiger partial charge < -0.3 is 9.47 Å². The highest BCUT2D eigenvalue weighted by molar-refractivity contribution is 5.37. The largest absolute Gasteiger partial charge is 0.468 e. The van der Waals surface area contributed by atoms with Gasteiger partial charge in [-0.05, 0) is 11.8 Å². The molecule has 0 N–H and O–H groups in total. The van der Waals surface area contributed by atoms with E-state index < -0.39 is 0 Å². The van der Waals surface area contributed by atoms with E-state index in [0.717, 1.165) is 0 Å². The van der Waals surface area contributed by atoms with Crippen molar-refractivity contribution >= 4 is 12.9 Å². The molecule has 0 aliphatic carbocycles. The lowest BCUT2D eigenvalue weighted by atomic mass is 9.98. The highest BCUT2D eigenvalue weighted by Crippen LogP contribution is 2.10. The summed E-state index contributed by atoms with van der Waals surface area (Å²) < 4.78 is 9.14. The second-order valence-electron chi connectivity index (χ2n) is 2.81. The third-order valence-electron chi connectivity index (χ3n) is 1.83. The highest BCUT2D eigenvalue weighted by atomic mass is 16.5. The molecule has 0 aromatic carbocycles. The molecule has 0 aromatic heterocycles.